The van der Waals surface area contributed by atoms with Gasteiger partial charge in [0.15, 0.2) is 0 Å². The fourth-order valence-electron chi connectivity index (χ4n) is 2.46. The number of rotatable bonds is 1. The molecule has 2 heterocycles. The minimum atomic E-state index is -0.333. The average molecular weight is 369 g/mol. The van der Waals surface area contributed by atoms with Crippen LogP contribution < -0.4 is 5.46 Å². The molecule has 1 fully saturated rings. The lowest BCUT2D eigenvalue weighted by Crippen LogP contribution is -2.38. The van der Waals surface area contributed by atoms with Crippen molar-refractivity contribution >= 4 is 46.1 Å². The number of hydrogen-bond acceptors (Lipinski definition) is 2. The Hall–Kier alpha value is -0.525. The van der Waals surface area contributed by atoms with Crippen LogP contribution in [0, 0.1) is 6.92 Å². The van der Waals surface area contributed by atoms with Crippen LogP contribution in [0.3, 0.4) is 0 Å². The van der Waals surface area contributed by atoms with Crippen LogP contribution in [-0.2, 0) is 9.31 Å². The molecule has 19 heavy (non-hydrogen) atoms. The van der Waals surface area contributed by atoms with Crippen molar-refractivity contribution in [3.63, 3.8) is 0 Å². The summed E-state index contributed by atoms with van der Waals surface area (Å²) in [7, 11) is -0.312. The van der Waals surface area contributed by atoms with Gasteiger partial charge in [0.25, 0.3) is 0 Å². The molecule has 0 aliphatic carbocycles. The molecule has 0 bridgehead atoms. The van der Waals surface area contributed by atoms with E-state index in [4.69, 9.17) is 9.31 Å². The zero-order valence-electron chi connectivity index (χ0n) is 11.6. The Morgan fingerprint density at radius 3 is 2.47 bits per heavy atom. The molecule has 0 saturated carbocycles. The average Bonchev–Trinajstić information content (AvgIpc) is 2.72. The summed E-state index contributed by atoms with van der Waals surface area (Å²) in [5.74, 6) is 0. The standard InChI is InChI=1S/C14H17BINO2/c1-9-12(10-7-5-6-8-11(10)17-9)15-18-13(2,3)14(4,16)19-15/h5-8,17H,1-4H3. The summed E-state index contributed by atoms with van der Waals surface area (Å²) in [4.78, 5) is 3.40. The molecule has 1 aliphatic heterocycles. The minimum absolute atomic E-state index is 0.312. The molecular formula is C14H17BINO2. The lowest BCUT2D eigenvalue weighted by molar-refractivity contribution is 0.0726. The molecule has 1 aromatic carbocycles. The van der Waals surface area contributed by atoms with E-state index in [1.54, 1.807) is 0 Å². The monoisotopic (exact) mass is 369 g/mol. The summed E-state index contributed by atoms with van der Waals surface area (Å²) in [6.45, 7) is 8.28. The molecular weight excluding hydrogens is 352 g/mol. The number of benzene rings is 1. The molecule has 1 aliphatic rings. The van der Waals surface area contributed by atoms with Crippen LogP contribution in [0.4, 0.5) is 0 Å². The number of aromatic amines is 1. The molecule has 3 nitrogen and oxygen atoms in total. The summed E-state index contributed by atoms with van der Waals surface area (Å²) < 4.78 is 12.0. The molecule has 3 rings (SSSR count). The van der Waals surface area contributed by atoms with Crippen molar-refractivity contribution in [2.24, 2.45) is 0 Å². The molecule has 0 amide bonds. The van der Waals surface area contributed by atoms with Crippen LogP contribution in [0.5, 0.6) is 0 Å². The molecule has 1 saturated heterocycles. The zero-order chi connectivity index (χ0) is 13.8. The number of fused-ring (bicyclic) bond motifs is 1. The molecule has 100 valence electrons. The van der Waals surface area contributed by atoms with Gasteiger partial charge in [-0.3, -0.25) is 0 Å². The van der Waals surface area contributed by atoms with Gasteiger partial charge >= 0.3 is 7.12 Å². The van der Waals surface area contributed by atoms with Gasteiger partial charge in [-0.15, -0.1) is 0 Å². The van der Waals surface area contributed by atoms with Crippen molar-refractivity contribution in [1.82, 2.24) is 4.98 Å². The molecule has 0 spiro atoms. The molecule has 1 N–H and O–H groups in total. The van der Waals surface area contributed by atoms with Crippen molar-refractivity contribution in [1.29, 1.82) is 0 Å². The van der Waals surface area contributed by atoms with Crippen molar-refractivity contribution in [2.75, 3.05) is 0 Å². The number of hydrogen-bond donors (Lipinski definition) is 1. The number of aromatic nitrogens is 1. The summed E-state index contributed by atoms with van der Waals surface area (Å²) in [5.41, 5.74) is 3.03. The van der Waals surface area contributed by atoms with Gasteiger partial charge in [0, 0.05) is 16.7 Å². The van der Waals surface area contributed by atoms with E-state index in [0.717, 1.165) is 16.7 Å². The Kier molecular flexibility index (Phi) is 3.00. The smallest absolute Gasteiger partial charge is 0.398 e. The van der Waals surface area contributed by atoms with Crippen LogP contribution in [0.15, 0.2) is 24.3 Å². The van der Waals surface area contributed by atoms with Crippen LogP contribution in [-0.4, -0.2) is 21.3 Å². The van der Waals surface area contributed by atoms with E-state index in [2.05, 4.69) is 67.4 Å². The Morgan fingerprint density at radius 2 is 1.84 bits per heavy atom. The largest absolute Gasteiger partial charge is 0.497 e. The number of aryl methyl sites for hydroxylation is 1. The second kappa shape index (κ2) is 4.23. The normalized spacial score (nSPS) is 26.3. The first-order valence-electron chi connectivity index (χ1n) is 6.43. The SMILES string of the molecule is Cc1[nH]c2ccccc2c1B1OC(C)(C)C(C)(I)O1. The van der Waals surface area contributed by atoms with Gasteiger partial charge in [-0.25, -0.2) is 0 Å². The lowest BCUT2D eigenvalue weighted by atomic mass is 9.77. The first-order chi connectivity index (χ1) is 8.82. The van der Waals surface area contributed by atoms with E-state index in [-0.39, 0.29) is 16.3 Å². The summed E-state index contributed by atoms with van der Waals surface area (Å²) >= 11 is 2.33. The molecule has 2 aromatic rings. The minimum Gasteiger partial charge on any atom is -0.398 e. The fraction of sp³-hybridized carbons (Fsp3) is 0.429. The fourth-order valence-corrected chi connectivity index (χ4v) is 2.82. The molecule has 1 atom stereocenters. The Balaban J connectivity index is 2.10. The molecule has 1 unspecified atom stereocenters. The first-order valence-corrected chi connectivity index (χ1v) is 7.51. The first kappa shape index (κ1) is 13.5. The maximum absolute atomic E-state index is 6.15. The summed E-state index contributed by atoms with van der Waals surface area (Å²) in [6, 6.07) is 8.26. The topological polar surface area (TPSA) is 34.2 Å². The Morgan fingerprint density at radius 1 is 1.16 bits per heavy atom. The van der Waals surface area contributed by atoms with Gasteiger partial charge in [0.1, 0.15) is 3.61 Å². The number of H-pyrrole nitrogens is 1. The zero-order valence-corrected chi connectivity index (χ0v) is 13.7. The molecule has 0 radical (unpaired) electrons. The van der Waals surface area contributed by atoms with Gasteiger partial charge in [0.2, 0.25) is 0 Å². The highest BCUT2D eigenvalue weighted by atomic mass is 127. The predicted octanol–water partition coefficient (Wildman–Crippen LogP) is 3.15. The van der Waals surface area contributed by atoms with E-state index in [9.17, 15) is 0 Å². The number of nitrogens with one attached hydrogen (secondary N) is 1. The quantitative estimate of drug-likeness (QED) is 0.476. The summed E-state index contributed by atoms with van der Waals surface area (Å²) in [6.07, 6.45) is 0. The van der Waals surface area contributed by atoms with Gasteiger partial charge in [-0.2, -0.15) is 0 Å². The molecule has 5 heteroatoms. The third-order valence-electron chi connectivity index (χ3n) is 3.98. The van der Waals surface area contributed by atoms with Gasteiger partial charge < -0.3 is 14.3 Å². The van der Waals surface area contributed by atoms with Crippen molar-refractivity contribution in [2.45, 2.75) is 36.9 Å². The van der Waals surface area contributed by atoms with E-state index in [0.29, 0.717) is 0 Å². The third kappa shape index (κ3) is 2.02. The number of halogens is 1. The van der Waals surface area contributed by atoms with E-state index in [1.165, 1.54) is 5.39 Å². The predicted molar refractivity (Wildman–Crippen MR) is 87.1 cm³/mol. The maximum atomic E-state index is 6.15. The Labute approximate surface area is 127 Å². The van der Waals surface area contributed by atoms with Crippen molar-refractivity contribution < 1.29 is 9.31 Å². The van der Waals surface area contributed by atoms with E-state index in [1.807, 2.05) is 12.1 Å². The van der Waals surface area contributed by atoms with Gasteiger partial charge in [-0.1, -0.05) is 18.2 Å². The Bertz CT molecular complexity index is 619. The van der Waals surface area contributed by atoms with Crippen molar-refractivity contribution in [3.05, 3.63) is 30.0 Å². The lowest BCUT2D eigenvalue weighted by Gasteiger charge is -2.30. The highest BCUT2D eigenvalue weighted by molar-refractivity contribution is 14.1. The van der Waals surface area contributed by atoms with Crippen LogP contribution in [0.25, 0.3) is 10.9 Å². The highest BCUT2D eigenvalue weighted by Gasteiger charge is 2.54. The van der Waals surface area contributed by atoms with Crippen LogP contribution >= 0.6 is 22.6 Å². The third-order valence-corrected chi connectivity index (χ3v) is 5.54. The second-order valence-electron chi connectivity index (χ2n) is 5.70. The van der Waals surface area contributed by atoms with E-state index >= 15 is 0 Å². The van der Waals surface area contributed by atoms with Crippen molar-refractivity contribution in [3.8, 4) is 0 Å². The van der Waals surface area contributed by atoms with Crippen LogP contribution in [0.2, 0.25) is 0 Å². The molecule has 1 aromatic heterocycles. The van der Waals surface area contributed by atoms with Gasteiger partial charge in [0.05, 0.1) is 5.60 Å². The van der Waals surface area contributed by atoms with Crippen LogP contribution in [0.1, 0.15) is 26.5 Å². The second-order valence-corrected chi connectivity index (χ2v) is 7.76. The van der Waals surface area contributed by atoms with E-state index < -0.39 is 0 Å². The summed E-state index contributed by atoms with van der Waals surface area (Å²) in [5, 5.41) is 1.18. The number of alkyl halides is 1. The van der Waals surface area contributed by atoms with Gasteiger partial charge in [-0.05, 0) is 61.7 Å². The number of para-hydroxylation sites is 1. The highest BCUT2D eigenvalue weighted by Crippen LogP contribution is 2.42. The maximum Gasteiger partial charge on any atom is 0.497 e.